The van der Waals surface area contributed by atoms with E-state index in [2.05, 4.69) is 15.4 Å². The van der Waals surface area contributed by atoms with Crippen LogP contribution in [0.2, 0.25) is 4.34 Å². The molecule has 0 aromatic carbocycles. The first-order valence-corrected chi connectivity index (χ1v) is 9.59. The fraction of sp³-hybridized carbons (Fsp3) is 0.353. The highest BCUT2D eigenvalue weighted by molar-refractivity contribution is 7.18. The molecule has 0 bridgehead atoms. The standard InChI is InChI=1S/C17H16ClF2N5OS/c18-15-9(11-8-22-13-4-2-6-23-25(11)13)7-12(27-15)16(26)24-14-10(21)3-1-5-17(14,19)20/h2,4,6-8,10,14H,1,3,5,21H2,(H,24,26)/t10-,14?/m0/s1. The Balaban J connectivity index is 1.62. The van der Waals surface area contributed by atoms with Crippen LogP contribution in [0.15, 0.2) is 30.6 Å². The van der Waals surface area contributed by atoms with Crippen molar-refractivity contribution < 1.29 is 13.6 Å². The van der Waals surface area contributed by atoms with Crippen LogP contribution in [0.25, 0.3) is 16.9 Å². The minimum atomic E-state index is -3.03. The number of hydrogen-bond acceptors (Lipinski definition) is 5. The molecule has 2 atom stereocenters. The van der Waals surface area contributed by atoms with E-state index in [0.717, 1.165) is 11.3 Å². The summed E-state index contributed by atoms with van der Waals surface area (Å²) in [5, 5.41) is 6.62. The molecule has 1 aliphatic rings. The quantitative estimate of drug-likeness (QED) is 0.692. The fourth-order valence-corrected chi connectivity index (χ4v) is 4.50. The smallest absolute Gasteiger partial charge is 0.269 e. The average molecular weight is 412 g/mol. The minimum Gasteiger partial charge on any atom is -0.341 e. The van der Waals surface area contributed by atoms with Crippen LogP contribution in [0.3, 0.4) is 0 Å². The highest BCUT2D eigenvalue weighted by atomic mass is 35.5. The predicted octanol–water partition coefficient (Wildman–Crippen LogP) is 3.36. The number of carbonyl (C=O) groups is 1. The third kappa shape index (κ3) is 3.30. The van der Waals surface area contributed by atoms with Gasteiger partial charge in [-0.1, -0.05) is 11.6 Å². The molecule has 3 heterocycles. The summed E-state index contributed by atoms with van der Waals surface area (Å²) in [6.07, 6.45) is 3.72. The van der Waals surface area contributed by atoms with Crippen molar-refractivity contribution in [2.24, 2.45) is 5.73 Å². The Morgan fingerprint density at radius 1 is 1.48 bits per heavy atom. The Kier molecular flexibility index (Phi) is 4.61. The number of nitrogens with zero attached hydrogens (tertiary/aromatic N) is 3. The molecule has 0 aliphatic heterocycles. The van der Waals surface area contributed by atoms with E-state index in [1.54, 1.807) is 35.1 Å². The third-order valence-corrected chi connectivity index (χ3v) is 6.04. The molecule has 3 aromatic rings. The maximum Gasteiger partial charge on any atom is 0.269 e. The number of alkyl halides is 2. The molecule has 1 fully saturated rings. The predicted molar refractivity (Wildman–Crippen MR) is 99.3 cm³/mol. The van der Waals surface area contributed by atoms with Gasteiger partial charge in [0.15, 0.2) is 5.65 Å². The molecule has 10 heteroatoms. The summed E-state index contributed by atoms with van der Waals surface area (Å²) in [4.78, 5) is 17.0. The molecule has 142 valence electrons. The Morgan fingerprint density at radius 3 is 3.07 bits per heavy atom. The number of thiophene rings is 1. The van der Waals surface area contributed by atoms with Gasteiger partial charge in [0.2, 0.25) is 0 Å². The topological polar surface area (TPSA) is 85.3 Å². The molecule has 0 spiro atoms. The van der Waals surface area contributed by atoms with E-state index < -0.39 is 23.9 Å². The SMILES string of the molecule is N[C@H]1CCCC(F)(F)C1NC(=O)c1cc(-c2cnc3cccnn23)c(Cl)s1. The van der Waals surface area contributed by atoms with Gasteiger partial charge in [0.1, 0.15) is 10.4 Å². The molecule has 0 radical (unpaired) electrons. The van der Waals surface area contributed by atoms with Gasteiger partial charge in [-0.25, -0.2) is 18.3 Å². The van der Waals surface area contributed by atoms with Gasteiger partial charge in [-0.3, -0.25) is 4.79 Å². The molecule has 1 aliphatic carbocycles. The summed E-state index contributed by atoms with van der Waals surface area (Å²) in [6.45, 7) is 0. The second kappa shape index (κ2) is 6.81. The van der Waals surface area contributed by atoms with Crippen LogP contribution in [0.1, 0.15) is 28.9 Å². The van der Waals surface area contributed by atoms with Gasteiger partial charge in [-0.15, -0.1) is 11.3 Å². The average Bonchev–Trinajstić information content (AvgIpc) is 3.21. The second-order valence-electron chi connectivity index (χ2n) is 6.50. The van der Waals surface area contributed by atoms with E-state index in [4.69, 9.17) is 17.3 Å². The van der Waals surface area contributed by atoms with Gasteiger partial charge in [-0.05, 0) is 31.0 Å². The number of hydrogen-bond donors (Lipinski definition) is 2. The monoisotopic (exact) mass is 411 g/mol. The van der Waals surface area contributed by atoms with Crippen molar-refractivity contribution in [1.82, 2.24) is 19.9 Å². The maximum atomic E-state index is 14.1. The van der Waals surface area contributed by atoms with Crippen molar-refractivity contribution in [2.45, 2.75) is 37.3 Å². The molecule has 1 amide bonds. The van der Waals surface area contributed by atoms with Gasteiger partial charge in [0.25, 0.3) is 11.8 Å². The molecule has 27 heavy (non-hydrogen) atoms. The van der Waals surface area contributed by atoms with Gasteiger partial charge >= 0.3 is 0 Å². The maximum absolute atomic E-state index is 14.1. The number of amides is 1. The van der Waals surface area contributed by atoms with E-state index >= 15 is 0 Å². The zero-order valence-corrected chi connectivity index (χ0v) is 15.6. The van der Waals surface area contributed by atoms with Crippen LogP contribution >= 0.6 is 22.9 Å². The molecular formula is C17H16ClF2N5OS. The lowest BCUT2D eigenvalue weighted by atomic mass is 9.87. The number of nitrogens with one attached hydrogen (secondary N) is 1. The number of rotatable bonds is 3. The van der Waals surface area contributed by atoms with Crippen molar-refractivity contribution >= 4 is 34.5 Å². The third-order valence-electron chi connectivity index (χ3n) is 4.68. The Hall–Kier alpha value is -2.10. The molecule has 1 saturated carbocycles. The van der Waals surface area contributed by atoms with Crippen LogP contribution in [-0.2, 0) is 0 Å². The van der Waals surface area contributed by atoms with Crippen LogP contribution in [-0.4, -0.2) is 38.5 Å². The highest BCUT2D eigenvalue weighted by Gasteiger charge is 2.46. The first kappa shape index (κ1) is 18.3. The summed E-state index contributed by atoms with van der Waals surface area (Å²) in [5.74, 6) is -3.64. The fourth-order valence-electron chi connectivity index (χ4n) is 3.30. The Labute approximate surface area is 162 Å². The summed E-state index contributed by atoms with van der Waals surface area (Å²) in [7, 11) is 0. The van der Waals surface area contributed by atoms with E-state index in [1.165, 1.54) is 0 Å². The number of fused-ring (bicyclic) bond motifs is 1. The van der Waals surface area contributed by atoms with E-state index in [1.807, 2.05) is 0 Å². The lowest BCUT2D eigenvalue weighted by Gasteiger charge is -2.36. The van der Waals surface area contributed by atoms with Gasteiger partial charge in [0, 0.05) is 24.2 Å². The zero-order valence-electron chi connectivity index (χ0n) is 14.0. The second-order valence-corrected chi connectivity index (χ2v) is 8.16. The number of carbonyl (C=O) groups excluding carboxylic acids is 1. The van der Waals surface area contributed by atoms with Crippen molar-refractivity contribution in [2.75, 3.05) is 0 Å². The number of halogens is 3. The summed E-state index contributed by atoms with van der Waals surface area (Å²) >= 11 is 7.32. The van der Waals surface area contributed by atoms with Crippen LogP contribution in [0.4, 0.5) is 8.78 Å². The zero-order chi connectivity index (χ0) is 19.2. The summed E-state index contributed by atoms with van der Waals surface area (Å²) < 4.78 is 30.2. The normalized spacial score (nSPS) is 22.1. The van der Waals surface area contributed by atoms with E-state index in [0.29, 0.717) is 34.1 Å². The molecule has 3 N–H and O–H groups in total. The molecular weight excluding hydrogens is 396 g/mol. The molecule has 4 rings (SSSR count). The molecule has 3 aromatic heterocycles. The van der Waals surface area contributed by atoms with Gasteiger partial charge < -0.3 is 11.1 Å². The molecule has 1 unspecified atom stereocenters. The largest absolute Gasteiger partial charge is 0.341 e. The van der Waals surface area contributed by atoms with Crippen LogP contribution < -0.4 is 11.1 Å². The number of aromatic nitrogens is 3. The summed E-state index contributed by atoms with van der Waals surface area (Å²) in [5.41, 5.74) is 7.63. The first-order valence-electron chi connectivity index (χ1n) is 8.39. The number of imidazole rings is 1. The van der Waals surface area contributed by atoms with Crippen molar-refractivity contribution in [3.8, 4) is 11.3 Å². The first-order chi connectivity index (χ1) is 12.9. The van der Waals surface area contributed by atoms with Crippen LogP contribution in [0, 0.1) is 0 Å². The van der Waals surface area contributed by atoms with Crippen molar-refractivity contribution in [3.05, 3.63) is 39.8 Å². The highest BCUT2D eigenvalue weighted by Crippen LogP contribution is 2.37. The lowest BCUT2D eigenvalue weighted by Crippen LogP contribution is -2.59. The Morgan fingerprint density at radius 2 is 2.30 bits per heavy atom. The number of nitrogens with two attached hydrogens (primary N) is 1. The molecule has 0 saturated heterocycles. The van der Waals surface area contributed by atoms with E-state index in [-0.39, 0.29) is 11.3 Å². The van der Waals surface area contributed by atoms with E-state index in [9.17, 15) is 13.6 Å². The van der Waals surface area contributed by atoms with Crippen molar-refractivity contribution in [1.29, 1.82) is 0 Å². The Bertz CT molecular complexity index is 1000. The minimum absolute atomic E-state index is 0.231. The summed E-state index contributed by atoms with van der Waals surface area (Å²) in [6, 6.07) is 2.94. The lowest BCUT2D eigenvalue weighted by molar-refractivity contribution is -0.0674. The van der Waals surface area contributed by atoms with Gasteiger partial charge in [-0.2, -0.15) is 5.10 Å². The van der Waals surface area contributed by atoms with Crippen molar-refractivity contribution in [3.63, 3.8) is 0 Å². The molecule has 6 nitrogen and oxygen atoms in total. The van der Waals surface area contributed by atoms with Gasteiger partial charge in [0.05, 0.1) is 16.8 Å². The van der Waals surface area contributed by atoms with Crippen LogP contribution in [0.5, 0.6) is 0 Å².